The molecule has 1 fully saturated rings. The quantitative estimate of drug-likeness (QED) is 0.687. The minimum absolute atomic E-state index is 0.177. The average Bonchev–Trinajstić information content (AvgIpc) is 2.69. The lowest BCUT2D eigenvalue weighted by Gasteiger charge is -2.29. The number of sulfonamides is 1. The summed E-state index contributed by atoms with van der Waals surface area (Å²) in [5.74, 6) is -0.664. The smallest absolute Gasteiger partial charge is 0.227 e. The van der Waals surface area contributed by atoms with Crippen LogP contribution in [0, 0.1) is 5.92 Å². The molecule has 0 atom stereocenters. The number of hydrogen-bond donors (Lipinski definition) is 1. The Hall–Kier alpha value is -2.03. The summed E-state index contributed by atoms with van der Waals surface area (Å²) in [7, 11) is -3.24. The fourth-order valence-electron chi connectivity index (χ4n) is 3.24. The van der Waals surface area contributed by atoms with Gasteiger partial charge in [-0.3, -0.25) is 9.59 Å². The molecule has 28 heavy (non-hydrogen) atoms. The molecule has 0 unspecified atom stereocenters. The highest BCUT2D eigenvalue weighted by molar-refractivity contribution is 9.10. The monoisotopic (exact) mass is 464 g/mol. The van der Waals surface area contributed by atoms with Crippen molar-refractivity contribution in [3.05, 3.63) is 64.1 Å². The van der Waals surface area contributed by atoms with Crippen molar-refractivity contribution in [2.24, 2.45) is 5.92 Å². The van der Waals surface area contributed by atoms with Gasteiger partial charge in [0.25, 0.3) is 0 Å². The number of benzene rings is 2. The molecule has 1 aliphatic heterocycles. The van der Waals surface area contributed by atoms with E-state index in [1.54, 1.807) is 42.5 Å². The van der Waals surface area contributed by atoms with E-state index in [-0.39, 0.29) is 17.6 Å². The highest BCUT2D eigenvalue weighted by atomic mass is 79.9. The van der Waals surface area contributed by atoms with Crippen molar-refractivity contribution in [1.29, 1.82) is 0 Å². The Balaban J connectivity index is 1.76. The first-order valence-electron chi connectivity index (χ1n) is 8.91. The van der Waals surface area contributed by atoms with Crippen LogP contribution in [0.15, 0.2) is 53.0 Å². The first kappa shape index (κ1) is 20.7. The van der Waals surface area contributed by atoms with Crippen LogP contribution < -0.4 is 5.32 Å². The maximum atomic E-state index is 12.9. The Morgan fingerprint density at radius 1 is 1.07 bits per heavy atom. The Kier molecular flexibility index (Phi) is 6.32. The standard InChI is InChI=1S/C20H21BrN2O4S/c1-28(26,27)23-11-9-15(10-12-23)20(25)22-18-8-7-16(21)13-17(18)19(24)14-5-3-2-4-6-14/h2-8,13,15H,9-12H2,1H3,(H,22,25). The van der Waals surface area contributed by atoms with Crippen LogP contribution in [0.1, 0.15) is 28.8 Å². The molecule has 8 heteroatoms. The largest absolute Gasteiger partial charge is 0.325 e. The number of carbonyl (C=O) groups excluding carboxylic acids is 2. The summed E-state index contributed by atoms with van der Waals surface area (Å²) in [4.78, 5) is 25.6. The maximum absolute atomic E-state index is 12.9. The summed E-state index contributed by atoms with van der Waals surface area (Å²) in [5.41, 5.74) is 1.40. The van der Waals surface area contributed by atoms with E-state index in [9.17, 15) is 18.0 Å². The second-order valence-electron chi connectivity index (χ2n) is 6.81. The van der Waals surface area contributed by atoms with Crippen LogP contribution in [0.4, 0.5) is 5.69 Å². The molecule has 3 rings (SSSR count). The molecule has 148 valence electrons. The molecule has 6 nitrogen and oxygen atoms in total. The van der Waals surface area contributed by atoms with E-state index >= 15 is 0 Å². The van der Waals surface area contributed by atoms with Gasteiger partial charge in [0.2, 0.25) is 15.9 Å². The second kappa shape index (κ2) is 8.55. The predicted octanol–water partition coefficient (Wildman–Crippen LogP) is 3.29. The molecule has 0 bridgehead atoms. The molecule has 0 radical (unpaired) electrons. The van der Waals surface area contributed by atoms with Crippen molar-refractivity contribution < 1.29 is 18.0 Å². The predicted molar refractivity (Wildman–Crippen MR) is 112 cm³/mol. The number of nitrogens with one attached hydrogen (secondary N) is 1. The Labute approximate surface area is 173 Å². The molecule has 1 heterocycles. The van der Waals surface area contributed by atoms with Crippen LogP contribution in [-0.2, 0) is 14.8 Å². The van der Waals surface area contributed by atoms with Gasteiger partial charge in [-0.2, -0.15) is 0 Å². The number of halogens is 1. The zero-order valence-corrected chi connectivity index (χ0v) is 17.8. The highest BCUT2D eigenvalue weighted by Gasteiger charge is 2.29. The van der Waals surface area contributed by atoms with Crippen molar-refractivity contribution in [3.63, 3.8) is 0 Å². The number of rotatable bonds is 5. The van der Waals surface area contributed by atoms with Crippen molar-refractivity contribution in [3.8, 4) is 0 Å². The molecule has 0 spiro atoms. The summed E-state index contributed by atoms with van der Waals surface area (Å²) in [6.45, 7) is 0.653. The minimum atomic E-state index is -3.24. The van der Waals surface area contributed by atoms with Gasteiger partial charge in [0, 0.05) is 34.6 Å². The number of piperidine rings is 1. The molecule has 2 aromatic carbocycles. The molecule has 0 saturated carbocycles. The summed E-state index contributed by atoms with van der Waals surface area (Å²) in [5, 5.41) is 2.86. The van der Waals surface area contributed by atoms with Gasteiger partial charge in [-0.1, -0.05) is 46.3 Å². The van der Waals surface area contributed by atoms with E-state index in [0.717, 1.165) is 4.47 Å². The number of hydrogen-bond acceptors (Lipinski definition) is 4. The van der Waals surface area contributed by atoms with Gasteiger partial charge in [-0.05, 0) is 31.0 Å². The van der Waals surface area contributed by atoms with Gasteiger partial charge in [-0.25, -0.2) is 12.7 Å². The van der Waals surface area contributed by atoms with Gasteiger partial charge in [0.05, 0.1) is 11.9 Å². The van der Waals surface area contributed by atoms with Crippen LogP contribution >= 0.6 is 15.9 Å². The summed E-state index contributed by atoms with van der Waals surface area (Å²) in [6, 6.07) is 14.0. The molecule has 1 amide bonds. The fraction of sp³-hybridized carbons (Fsp3) is 0.300. The van der Waals surface area contributed by atoms with E-state index in [1.807, 2.05) is 6.07 Å². The van der Waals surface area contributed by atoms with Gasteiger partial charge in [0.15, 0.2) is 5.78 Å². The lowest BCUT2D eigenvalue weighted by Crippen LogP contribution is -2.41. The van der Waals surface area contributed by atoms with Gasteiger partial charge < -0.3 is 5.32 Å². The third-order valence-electron chi connectivity index (χ3n) is 4.81. The summed E-state index contributed by atoms with van der Waals surface area (Å²) in [6.07, 6.45) is 2.09. The zero-order valence-electron chi connectivity index (χ0n) is 15.4. The van der Waals surface area contributed by atoms with Crippen molar-refractivity contribution >= 4 is 43.3 Å². The Morgan fingerprint density at radius 2 is 1.71 bits per heavy atom. The first-order chi connectivity index (χ1) is 13.3. The van der Waals surface area contributed by atoms with E-state index < -0.39 is 10.0 Å². The molecule has 0 aliphatic carbocycles. The maximum Gasteiger partial charge on any atom is 0.227 e. The molecule has 1 N–H and O–H groups in total. The van der Waals surface area contributed by atoms with E-state index in [2.05, 4.69) is 21.2 Å². The van der Waals surface area contributed by atoms with Crippen molar-refractivity contribution in [2.45, 2.75) is 12.8 Å². The van der Waals surface area contributed by atoms with Crippen LogP contribution in [0.5, 0.6) is 0 Å². The zero-order chi connectivity index (χ0) is 20.3. The SMILES string of the molecule is CS(=O)(=O)N1CCC(C(=O)Nc2ccc(Br)cc2C(=O)c2ccccc2)CC1. The fourth-order valence-corrected chi connectivity index (χ4v) is 4.48. The highest BCUT2D eigenvalue weighted by Crippen LogP contribution is 2.26. The third-order valence-corrected chi connectivity index (χ3v) is 6.61. The van der Waals surface area contributed by atoms with E-state index in [0.29, 0.717) is 42.7 Å². The topological polar surface area (TPSA) is 83.6 Å². The molecule has 2 aromatic rings. The number of carbonyl (C=O) groups is 2. The summed E-state index contributed by atoms with van der Waals surface area (Å²) < 4.78 is 25.4. The first-order valence-corrected chi connectivity index (χ1v) is 11.5. The summed E-state index contributed by atoms with van der Waals surface area (Å²) >= 11 is 3.38. The Morgan fingerprint density at radius 3 is 2.32 bits per heavy atom. The van der Waals surface area contributed by atoms with E-state index in [4.69, 9.17) is 0 Å². The minimum Gasteiger partial charge on any atom is -0.325 e. The van der Waals surface area contributed by atoms with Crippen molar-refractivity contribution in [1.82, 2.24) is 4.31 Å². The van der Waals surface area contributed by atoms with E-state index in [1.165, 1.54) is 10.6 Å². The van der Waals surface area contributed by atoms with Crippen LogP contribution in [-0.4, -0.2) is 43.8 Å². The number of anilines is 1. The molecule has 0 aromatic heterocycles. The molecular weight excluding hydrogens is 444 g/mol. The average molecular weight is 465 g/mol. The number of nitrogens with zero attached hydrogens (tertiary/aromatic N) is 1. The van der Waals surface area contributed by atoms with Crippen LogP contribution in [0.25, 0.3) is 0 Å². The van der Waals surface area contributed by atoms with Crippen LogP contribution in [0.3, 0.4) is 0 Å². The van der Waals surface area contributed by atoms with Gasteiger partial charge >= 0.3 is 0 Å². The molecule has 1 saturated heterocycles. The normalized spacial score (nSPS) is 15.9. The second-order valence-corrected chi connectivity index (χ2v) is 9.71. The number of ketones is 1. The Bertz CT molecular complexity index is 985. The third kappa shape index (κ3) is 4.87. The molecule has 1 aliphatic rings. The lowest BCUT2D eigenvalue weighted by atomic mass is 9.96. The van der Waals surface area contributed by atoms with Crippen molar-refractivity contribution in [2.75, 3.05) is 24.7 Å². The lowest BCUT2D eigenvalue weighted by molar-refractivity contribution is -0.120. The van der Waals surface area contributed by atoms with Gasteiger partial charge in [0.1, 0.15) is 0 Å². The molecular formula is C20H21BrN2O4S. The van der Waals surface area contributed by atoms with Crippen LogP contribution in [0.2, 0.25) is 0 Å². The van der Waals surface area contributed by atoms with Gasteiger partial charge in [-0.15, -0.1) is 0 Å². The number of amides is 1.